The second kappa shape index (κ2) is 7.22. The van der Waals surface area contributed by atoms with E-state index in [1.54, 1.807) is 11.3 Å². The Morgan fingerprint density at radius 3 is 2.71 bits per heavy atom. The normalized spacial score (nSPS) is 11.9. The fourth-order valence-corrected chi connectivity index (χ4v) is 2.87. The predicted octanol–water partition coefficient (Wildman–Crippen LogP) is 3.95. The molecule has 0 saturated carbocycles. The van der Waals surface area contributed by atoms with Crippen LogP contribution in [-0.2, 0) is 11.4 Å². The average molecular weight is 303 g/mol. The average Bonchev–Trinajstić information content (AvgIpc) is 2.80. The highest BCUT2D eigenvalue weighted by Crippen LogP contribution is 2.28. The molecule has 112 valence electrons. The molecule has 2 aromatic rings. The topological polar surface area (TPSA) is 60.5 Å². The quantitative estimate of drug-likeness (QED) is 0.499. The fraction of sp³-hybridized carbons (Fsp3) is 0.375. The van der Waals surface area contributed by atoms with Gasteiger partial charge in [-0.3, -0.25) is 0 Å². The Morgan fingerprint density at radius 1 is 1.33 bits per heavy atom. The number of thiazole rings is 1. The molecule has 0 radical (unpaired) electrons. The van der Waals surface area contributed by atoms with E-state index in [-0.39, 0.29) is 0 Å². The van der Waals surface area contributed by atoms with E-state index in [9.17, 15) is 0 Å². The summed E-state index contributed by atoms with van der Waals surface area (Å²) < 4.78 is 0. The summed E-state index contributed by atoms with van der Waals surface area (Å²) in [7, 11) is 0. The second-order valence-corrected chi connectivity index (χ2v) is 6.43. The summed E-state index contributed by atoms with van der Waals surface area (Å²) in [6.07, 6.45) is 0.747. The van der Waals surface area contributed by atoms with E-state index in [4.69, 9.17) is 10.6 Å². The molecule has 0 aliphatic carbocycles. The van der Waals surface area contributed by atoms with Crippen LogP contribution in [0.15, 0.2) is 35.5 Å². The van der Waals surface area contributed by atoms with Crippen LogP contribution in [0.1, 0.15) is 30.8 Å². The lowest BCUT2D eigenvalue weighted by Crippen LogP contribution is -2.14. The van der Waals surface area contributed by atoms with E-state index in [1.165, 1.54) is 0 Å². The first kappa shape index (κ1) is 15.5. The largest absolute Gasteiger partial charge is 0.389 e. The first-order valence-electron chi connectivity index (χ1n) is 7.02. The molecule has 0 unspecified atom stereocenters. The van der Waals surface area contributed by atoms with Crippen molar-refractivity contribution in [3.63, 3.8) is 0 Å². The van der Waals surface area contributed by atoms with Crippen LogP contribution in [0.2, 0.25) is 0 Å². The van der Waals surface area contributed by atoms with Crippen LogP contribution in [0, 0.1) is 12.8 Å². The van der Waals surface area contributed by atoms with Gasteiger partial charge in [0, 0.05) is 12.0 Å². The van der Waals surface area contributed by atoms with E-state index in [0.717, 1.165) is 27.6 Å². The van der Waals surface area contributed by atoms with Crippen molar-refractivity contribution in [3.05, 3.63) is 40.9 Å². The molecule has 0 saturated heterocycles. The number of hydrogen-bond acceptors (Lipinski definition) is 4. The second-order valence-electron chi connectivity index (χ2n) is 5.35. The highest BCUT2D eigenvalue weighted by Gasteiger charge is 2.09. The summed E-state index contributed by atoms with van der Waals surface area (Å²) in [5, 5.41) is 4.96. The van der Waals surface area contributed by atoms with Crippen LogP contribution < -0.4 is 5.73 Å². The van der Waals surface area contributed by atoms with Crippen molar-refractivity contribution < 1.29 is 4.84 Å². The van der Waals surface area contributed by atoms with Gasteiger partial charge in [0.2, 0.25) is 0 Å². The number of aryl methyl sites for hydroxylation is 1. The highest BCUT2D eigenvalue weighted by atomic mass is 32.1. The first-order valence-corrected chi connectivity index (χ1v) is 7.84. The van der Waals surface area contributed by atoms with Gasteiger partial charge in [-0.15, -0.1) is 11.3 Å². The molecule has 2 N–H and O–H groups in total. The summed E-state index contributed by atoms with van der Waals surface area (Å²) in [4.78, 5) is 11.0. The maximum absolute atomic E-state index is 5.79. The van der Waals surface area contributed by atoms with Crippen molar-refractivity contribution in [2.75, 3.05) is 0 Å². The predicted molar refractivity (Wildman–Crippen MR) is 88.2 cm³/mol. The number of hydrogen-bond donors (Lipinski definition) is 1. The summed E-state index contributed by atoms with van der Waals surface area (Å²) in [5.41, 5.74) is 7.89. The van der Waals surface area contributed by atoms with E-state index in [1.807, 2.05) is 25.1 Å². The molecular formula is C16H21N3OS. The summed E-state index contributed by atoms with van der Waals surface area (Å²) in [5.74, 6) is 1.02. The Kier molecular flexibility index (Phi) is 5.33. The van der Waals surface area contributed by atoms with Gasteiger partial charge in [-0.2, -0.15) is 0 Å². The van der Waals surface area contributed by atoms with Gasteiger partial charge in [0.25, 0.3) is 0 Å². The molecule has 0 amide bonds. The number of nitrogens with zero attached hydrogens (tertiary/aromatic N) is 2. The van der Waals surface area contributed by atoms with E-state index in [2.05, 4.69) is 36.1 Å². The number of oxime groups is 1. The molecule has 0 aliphatic rings. The number of benzene rings is 1. The molecule has 0 spiro atoms. The lowest BCUT2D eigenvalue weighted by atomic mass is 10.1. The Labute approximate surface area is 129 Å². The van der Waals surface area contributed by atoms with Gasteiger partial charge in [-0.05, 0) is 12.8 Å². The Bertz CT molecular complexity index is 605. The molecule has 1 aromatic heterocycles. The molecule has 0 atom stereocenters. The zero-order valence-electron chi connectivity index (χ0n) is 12.7. The minimum Gasteiger partial charge on any atom is -0.389 e. The number of rotatable bonds is 6. The monoisotopic (exact) mass is 303 g/mol. The van der Waals surface area contributed by atoms with Crippen LogP contribution in [0.4, 0.5) is 0 Å². The minimum absolute atomic E-state index is 0.412. The molecule has 2 rings (SSSR count). The Morgan fingerprint density at radius 2 is 2.05 bits per heavy atom. The molecule has 0 fully saturated rings. The van der Waals surface area contributed by atoms with Gasteiger partial charge in [-0.1, -0.05) is 49.3 Å². The lowest BCUT2D eigenvalue weighted by molar-refractivity contribution is 0.131. The van der Waals surface area contributed by atoms with Gasteiger partial charge in [0.1, 0.15) is 10.8 Å². The van der Waals surface area contributed by atoms with Crippen molar-refractivity contribution in [2.45, 2.75) is 33.8 Å². The maximum atomic E-state index is 5.79. The van der Waals surface area contributed by atoms with Crippen molar-refractivity contribution >= 4 is 17.2 Å². The number of amidine groups is 1. The summed E-state index contributed by atoms with van der Waals surface area (Å²) in [6, 6.07) is 10.1. The Balaban J connectivity index is 2.00. The minimum atomic E-state index is 0.412. The highest BCUT2D eigenvalue weighted by molar-refractivity contribution is 7.15. The number of nitrogens with two attached hydrogens (primary N) is 1. The first-order chi connectivity index (χ1) is 10.1. The van der Waals surface area contributed by atoms with Crippen molar-refractivity contribution in [1.29, 1.82) is 0 Å². The van der Waals surface area contributed by atoms with Gasteiger partial charge in [-0.25, -0.2) is 4.98 Å². The van der Waals surface area contributed by atoms with Gasteiger partial charge in [0.05, 0.1) is 10.6 Å². The van der Waals surface area contributed by atoms with Gasteiger partial charge in [0.15, 0.2) is 6.61 Å². The summed E-state index contributed by atoms with van der Waals surface area (Å²) in [6.45, 7) is 6.60. The van der Waals surface area contributed by atoms with Crippen LogP contribution in [0.25, 0.3) is 10.6 Å². The maximum Gasteiger partial charge on any atom is 0.153 e. The SMILES string of the molecule is Cc1nc(-c2ccccc2)sc1CO/N=C(\N)CC(C)C. The van der Waals surface area contributed by atoms with Crippen molar-refractivity contribution in [1.82, 2.24) is 4.98 Å². The third-order valence-corrected chi connectivity index (χ3v) is 4.09. The molecular weight excluding hydrogens is 282 g/mol. The van der Waals surface area contributed by atoms with E-state index < -0.39 is 0 Å². The smallest absolute Gasteiger partial charge is 0.153 e. The van der Waals surface area contributed by atoms with Crippen LogP contribution in [0.3, 0.4) is 0 Å². The fourth-order valence-electron chi connectivity index (χ4n) is 1.90. The summed E-state index contributed by atoms with van der Waals surface area (Å²) >= 11 is 1.63. The van der Waals surface area contributed by atoms with Crippen LogP contribution in [0.5, 0.6) is 0 Å². The zero-order valence-corrected chi connectivity index (χ0v) is 13.5. The number of aromatic nitrogens is 1. The van der Waals surface area contributed by atoms with E-state index in [0.29, 0.717) is 18.4 Å². The molecule has 1 heterocycles. The van der Waals surface area contributed by atoms with Crippen molar-refractivity contribution in [2.24, 2.45) is 16.8 Å². The van der Waals surface area contributed by atoms with Gasteiger partial charge >= 0.3 is 0 Å². The zero-order chi connectivity index (χ0) is 15.2. The molecule has 0 bridgehead atoms. The molecule has 0 aliphatic heterocycles. The van der Waals surface area contributed by atoms with Crippen LogP contribution in [-0.4, -0.2) is 10.8 Å². The molecule has 4 nitrogen and oxygen atoms in total. The molecule has 21 heavy (non-hydrogen) atoms. The third kappa shape index (κ3) is 4.56. The lowest BCUT2D eigenvalue weighted by Gasteiger charge is -2.03. The molecule has 1 aromatic carbocycles. The van der Waals surface area contributed by atoms with Crippen LogP contribution >= 0.6 is 11.3 Å². The molecule has 5 heteroatoms. The van der Waals surface area contributed by atoms with E-state index >= 15 is 0 Å². The third-order valence-electron chi connectivity index (χ3n) is 2.91. The Hall–Kier alpha value is -1.88. The standard InChI is InChI=1S/C16H21N3OS/c1-11(2)9-15(17)19-20-10-14-12(3)18-16(21-14)13-7-5-4-6-8-13/h4-8,11H,9-10H2,1-3H3,(H2,17,19). The van der Waals surface area contributed by atoms with Crippen molar-refractivity contribution in [3.8, 4) is 10.6 Å². The van der Waals surface area contributed by atoms with Gasteiger partial charge < -0.3 is 10.6 Å².